The average Bonchev–Trinajstić information content (AvgIpc) is 2.86. The zero-order valence-electron chi connectivity index (χ0n) is 15.1. The van der Waals surface area contributed by atoms with E-state index in [1.807, 2.05) is 19.1 Å². The number of hydrogen-bond acceptors (Lipinski definition) is 1. The number of aromatic nitrogens is 1. The zero-order valence-corrected chi connectivity index (χ0v) is 15.1. The van der Waals surface area contributed by atoms with Gasteiger partial charge in [-0.1, -0.05) is 20.8 Å². The molecule has 0 aliphatic rings. The lowest BCUT2D eigenvalue weighted by Crippen LogP contribution is -2.25. The minimum absolute atomic E-state index is 0.143. The fourth-order valence-corrected chi connectivity index (χ4v) is 3.31. The molecular formula is C20H29FN2. The van der Waals surface area contributed by atoms with Crippen LogP contribution in [0.25, 0.3) is 5.69 Å². The molecule has 1 aromatic carbocycles. The fourth-order valence-electron chi connectivity index (χ4n) is 3.31. The molecule has 0 N–H and O–H groups in total. The second-order valence-corrected chi connectivity index (χ2v) is 6.23. The van der Waals surface area contributed by atoms with Crippen LogP contribution in [0.2, 0.25) is 0 Å². The zero-order chi connectivity index (χ0) is 17.0. The number of hydrogen-bond donors (Lipinski definition) is 0. The minimum atomic E-state index is -0.143. The fraction of sp³-hybridized carbons (Fsp3) is 0.500. The molecule has 0 saturated carbocycles. The first kappa shape index (κ1) is 17.6. The third kappa shape index (κ3) is 3.60. The van der Waals surface area contributed by atoms with Gasteiger partial charge in [-0.2, -0.15) is 0 Å². The molecule has 0 fully saturated rings. The monoisotopic (exact) mass is 316 g/mol. The lowest BCUT2D eigenvalue weighted by atomic mass is 10.2. The maximum Gasteiger partial charge on any atom is 0.126 e. The Hall–Kier alpha value is -1.77. The molecule has 2 aromatic rings. The van der Waals surface area contributed by atoms with Gasteiger partial charge >= 0.3 is 0 Å². The van der Waals surface area contributed by atoms with Crippen LogP contribution in [0.4, 0.5) is 10.1 Å². The first-order chi connectivity index (χ1) is 11.0. The highest BCUT2D eigenvalue weighted by Crippen LogP contribution is 2.30. The van der Waals surface area contributed by atoms with E-state index in [0.29, 0.717) is 5.56 Å². The van der Waals surface area contributed by atoms with Gasteiger partial charge in [0.2, 0.25) is 0 Å². The summed E-state index contributed by atoms with van der Waals surface area (Å²) in [6.07, 6.45) is 3.25. The highest BCUT2D eigenvalue weighted by Gasteiger charge is 2.17. The van der Waals surface area contributed by atoms with Crippen molar-refractivity contribution in [3.05, 3.63) is 47.0 Å². The van der Waals surface area contributed by atoms with Crippen molar-refractivity contribution in [1.29, 1.82) is 0 Å². The number of nitrogens with zero attached hydrogens (tertiary/aromatic N) is 2. The average molecular weight is 316 g/mol. The number of aryl methyl sites for hydroxylation is 2. The Labute approximate surface area is 139 Å². The third-order valence-electron chi connectivity index (χ3n) is 4.33. The van der Waals surface area contributed by atoms with Gasteiger partial charge in [0, 0.05) is 30.2 Å². The second-order valence-electron chi connectivity index (χ2n) is 6.23. The van der Waals surface area contributed by atoms with E-state index in [-0.39, 0.29) is 5.82 Å². The summed E-state index contributed by atoms with van der Waals surface area (Å²) in [5.41, 5.74) is 5.60. The first-order valence-corrected chi connectivity index (χ1v) is 8.76. The van der Waals surface area contributed by atoms with Crippen molar-refractivity contribution in [3.8, 4) is 5.69 Å². The smallest absolute Gasteiger partial charge is 0.126 e. The summed E-state index contributed by atoms with van der Waals surface area (Å²) in [4.78, 5) is 2.48. The minimum Gasteiger partial charge on any atom is -0.370 e. The van der Waals surface area contributed by atoms with Crippen LogP contribution in [0.5, 0.6) is 0 Å². The predicted molar refractivity (Wildman–Crippen MR) is 97.4 cm³/mol. The van der Waals surface area contributed by atoms with E-state index < -0.39 is 0 Å². The molecule has 1 aromatic heterocycles. The molecule has 0 aliphatic carbocycles. The Morgan fingerprint density at radius 2 is 1.65 bits per heavy atom. The van der Waals surface area contributed by atoms with Crippen molar-refractivity contribution >= 4 is 5.69 Å². The topological polar surface area (TPSA) is 8.17 Å². The van der Waals surface area contributed by atoms with Crippen molar-refractivity contribution < 1.29 is 4.39 Å². The highest BCUT2D eigenvalue weighted by molar-refractivity contribution is 5.58. The summed E-state index contributed by atoms with van der Waals surface area (Å²) in [5.74, 6) is -0.143. The van der Waals surface area contributed by atoms with Crippen molar-refractivity contribution in [2.75, 3.05) is 18.0 Å². The van der Waals surface area contributed by atoms with Gasteiger partial charge in [-0.25, -0.2) is 4.39 Å². The van der Waals surface area contributed by atoms with Crippen LogP contribution in [0.1, 0.15) is 50.6 Å². The van der Waals surface area contributed by atoms with Crippen LogP contribution in [0.15, 0.2) is 24.3 Å². The maximum atomic E-state index is 13.6. The summed E-state index contributed by atoms with van der Waals surface area (Å²) in [6.45, 7) is 12.8. The van der Waals surface area contributed by atoms with Crippen LogP contribution in [0, 0.1) is 19.7 Å². The number of benzene rings is 1. The maximum absolute atomic E-state index is 13.6. The molecule has 23 heavy (non-hydrogen) atoms. The highest BCUT2D eigenvalue weighted by atomic mass is 19.1. The van der Waals surface area contributed by atoms with Gasteiger partial charge in [0.15, 0.2) is 0 Å². The van der Waals surface area contributed by atoms with Gasteiger partial charge in [0.1, 0.15) is 5.82 Å². The van der Waals surface area contributed by atoms with Gasteiger partial charge in [0.05, 0.1) is 5.69 Å². The molecule has 0 amide bonds. The summed E-state index contributed by atoms with van der Waals surface area (Å²) in [5, 5.41) is 0. The molecule has 3 heteroatoms. The van der Waals surface area contributed by atoms with E-state index in [0.717, 1.165) is 38.0 Å². The molecule has 0 radical (unpaired) electrons. The number of anilines is 1. The van der Waals surface area contributed by atoms with E-state index in [9.17, 15) is 4.39 Å². The lowest BCUT2D eigenvalue weighted by Gasteiger charge is -2.24. The third-order valence-corrected chi connectivity index (χ3v) is 4.33. The van der Waals surface area contributed by atoms with E-state index in [2.05, 4.69) is 43.2 Å². The molecule has 2 nitrogen and oxygen atoms in total. The normalized spacial score (nSPS) is 11.0. The van der Waals surface area contributed by atoms with Gasteiger partial charge < -0.3 is 9.47 Å². The molecular weight excluding hydrogens is 287 g/mol. The Balaban J connectivity index is 2.54. The van der Waals surface area contributed by atoms with Crippen LogP contribution in [-0.4, -0.2) is 17.7 Å². The molecule has 0 spiro atoms. The van der Waals surface area contributed by atoms with Crippen molar-refractivity contribution in [2.24, 2.45) is 0 Å². The van der Waals surface area contributed by atoms with Crippen LogP contribution in [0.3, 0.4) is 0 Å². The van der Waals surface area contributed by atoms with E-state index in [1.165, 1.54) is 17.1 Å². The quantitative estimate of drug-likeness (QED) is 0.662. The van der Waals surface area contributed by atoms with E-state index >= 15 is 0 Å². The van der Waals surface area contributed by atoms with Crippen molar-refractivity contribution in [2.45, 2.75) is 53.9 Å². The Bertz CT molecular complexity index is 652. The van der Waals surface area contributed by atoms with E-state index in [1.54, 1.807) is 6.07 Å². The van der Waals surface area contributed by atoms with Crippen molar-refractivity contribution in [3.63, 3.8) is 0 Å². The van der Waals surface area contributed by atoms with Gasteiger partial charge in [-0.3, -0.25) is 0 Å². The number of halogens is 1. The predicted octanol–water partition coefficient (Wildman–Crippen LogP) is 5.42. The Kier molecular flexibility index (Phi) is 5.86. The number of rotatable bonds is 7. The van der Waals surface area contributed by atoms with Crippen molar-refractivity contribution in [1.82, 2.24) is 4.57 Å². The van der Waals surface area contributed by atoms with Crippen LogP contribution < -0.4 is 4.90 Å². The lowest BCUT2D eigenvalue weighted by molar-refractivity contribution is 0.618. The van der Waals surface area contributed by atoms with E-state index in [4.69, 9.17) is 0 Å². The van der Waals surface area contributed by atoms with Gasteiger partial charge in [0.25, 0.3) is 0 Å². The Morgan fingerprint density at radius 3 is 2.17 bits per heavy atom. The summed E-state index contributed by atoms with van der Waals surface area (Å²) >= 11 is 0. The van der Waals surface area contributed by atoms with Crippen LogP contribution in [-0.2, 0) is 6.42 Å². The molecule has 0 atom stereocenters. The van der Waals surface area contributed by atoms with Gasteiger partial charge in [-0.15, -0.1) is 0 Å². The SMILES string of the molecule is CCCN(CCC)c1cc(C)n(-c2ccc(F)c(C)c2)c1CC. The molecule has 0 aliphatic heterocycles. The largest absolute Gasteiger partial charge is 0.370 e. The second kappa shape index (κ2) is 7.67. The summed E-state index contributed by atoms with van der Waals surface area (Å²) < 4.78 is 15.9. The summed E-state index contributed by atoms with van der Waals surface area (Å²) in [6, 6.07) is 7.67. The summed E-state index contributed by atoms with van der Waals surface area (Å²) in [7, 11) is 0. The molecule has 0 saturated heterocycles. The molecule has 0 bridgehead atoms. The Morgan fingerprint density at radius 1 is 1.00 bits per heavy atom. The van der Waals surface area contributed by atoms with Crippen LogP contribution >= 0.6 is 0 Å². The molecule has 0 unspecified atom stereocenters. The molecule has 1 heterocycles. The first-order valence-electron chi connectivity index (χ1n) is 8.76. The molecule has 2 rings (SSSR count). The standard InChI is InChI=1S/C20H29FN2/c1-6-11-22(12-7-2)20-14-16(5)23(19(20)8-3)17-9-10-18(21)15(4)13-17/h9-10,13-14H,6-8,11-12H2,1-5H3. The van der Waals surface area contributed by atoms with Gasteiger partial charge in [-0.05, 0) is 62.9 Å². The molecule has 126 valence electrons.